The van der Waals surface area contributed by atoms with Crippen LogP contribution in [0.5, 0.6) is 0 Å². The van der Waals surface area contributed by atoms with E-state index in [1.54, 1.807) is 0 Å². The number of hydrogen-bond acceptors (Lipinski definition) is 2. The Morgan fingerprint density at radius 2 is 1.62 bits per heavy atom. The molecule has 0 saturated carbocycles. The zero-order valence-electron chi connectivity index (χ0n) is 9.35. The third kappa shape index (κ3) is 2.07. The molecule has 82 valence electrons. The Hall–Kier alpha value is -1.80. The molecular formula is C14H16N2. The summed E-state index contributed by atoms with van der Waals surface area (Å²) in [6.45, 7) is 1.94. The molecule has 0 aliphatic carbocycles. The van der Waals surface area contributed by atoms with Gasteiger partial charge in [-0.25, -0.2) is 0 Å². The SMILES string of the molecule is CC(N)c1cc(-c2ccccc2)ccc1N. The second-order valence-corrected chi connectivity index (χ2v) is 4.00. The summed E-state index contributed by atoms with van der Waals surface area (Å²) in [6, 6.07) is 16.2. The Morgan fingerprint density at radius 1 is 0.938 bits per heavy atom. The molecule has 2 rings (SSSR count). The molecule has 0 fully saturated rings. The van der Waals surface area contributed by atoms with E-state index in [4.69, 9.17) is 11.5 Å². The quantitative estimate of drug-likeness (QED) is 0.752. The van der Waals surface area contributed by atoms with E-state index in [1.807, 2.05) is 37.3 Å². The van der Waals surface area contributed by atoms with Crippen molar-refractivity contribution in [3.8, 4) is 11.1 Å². The predicted molar refractivity (Wildman–Crippen MR) is 68.9 cm³/mol. The molecule has 16 heavy (non-hydrogen) atoms. The van der Waals surface area contributed by atoms with E-state index in [9.17, 15) is 0 Å². The lowest BCUT2D eigenvalue weighted by Crippen LogP contribution is -2.08. The fourth-order valence-electron chi connectivity index (χ4n) is 1.78. The first-order chi connectivity index (χ1) is 7.68. The molecule has 0 saturated heterocycles. The van der Waals surface area contributed by atoms with Gasteiger partial charge in [-0.2, -0.15) is 0 Å². The third-order valence-electron chi connectivity index (χ3n) is 2.68. The van der Waals surface area contributed by atoms with Gasteiger partial charge in [-0.15, -0.1) is 0 Å². The Balaban J connectivity index is 2.48. The second kappa shape index (κ2) is 4.37. The molecule has 0 radical (unpaired) electrons. The highest BCUT2D eigenvalue weighted by Gasteiger charge is 2.06. The molecule has 2 aromatic carbocycles. The van der Waals surface area contributed by atoms with Crippen LogP contribution in [-0.4, -0.2) is 0 Å². The van der Waals surface area contributed by atoms with Gasteiger partial charge in [0.2, 0.25) is 0 Å². The summed E-state index contributed by atoms with van der Waals surface area (Å²) in [7, 11) is 0. The lowest BCUT2D eigenvalue weighted by atomic mass is 9.99. The first kappa shape index (κ1) is 10.7. The first-order valence-electron chi connectivity index (χ1n) is 5.39. The van der Waals surface area contributed by atoms with Crippen LogP contribution < -0.4 is 11.5 Å². The Labute approximate surface area is 95.9 Å². The summed E-state index contributed by atoms with van der Waals surface area (Å²) in [4.78, 5) is 0. The van der Waals surface area contributed by atoms with Gasteiger partial charge in [0.25, 0.3) is 0 Å². The number of benzene rings is 2. The average molecular weight is 212 g/mol. The van der Waals surface area contributed by atoms with Gasteiger partial charge >= 0.3 is 0 Å². The summed E-state index contributed by atoms with van der Waals surface area (Å²) >= 11 is 0. The van der Waals surface area contributed by atoms with Crippen molar-refractivity contribution in [2.75, 3.05) is 5.73 Å². The van der Waals surface area contributed by atoms with E-state index >= 15 is 0 Å². The molecule has 1 unspecified atom stereocenters. The molecular weight excluding hydrogens is 196 g/mol. The highest BCUT2D eigenvalue weighted by atomic mass is 14.6. The van der Waals surface area contributed by atoms with Crippen molar-refractivity contribution in [1.29, 1.82) is 0 Å². The van der Waals surface area contributed by atoms with E-state index in [2.05, 4.69) is 18.2 Å². The molecule has 0 aliphatic rings. The van der Waals surface area contributed by atoms with Gasteiger partial charge in [-0.05, 0) is 35.7 Å². The Bertz CT molecular complexity index is 475. The summed E-state index contributed by atoms with van der Waals surface area (Å²) in [5.41, 5.74) is 15.9. The van der Waals surface area contributed by atoms with Gasteiger partial charge in [0, 0.05) is 11.7 Å². The standard InChI is InChI=1S/C14H16N2/c1-10(15)13-9-12(7-8-14(13)16)11-5-3-2-4-6-11/h2-10H,15-16H2,1H3. The van der Waals surface area contributed by atoms with E-state index in [0.717, 1.165) is 16.8 Å². The molecule has 0 heterocycles. The van der Waals surface area contributed by atoms with Crippen molar-refractivity contribution in [1.82, 2.24) is 0 Å². The molecule has 2 heteroatoms. The lowest BCUT2D eigenvalue weighted by Gasteiger charge is -2.11. The van der Waals surface area contributed by atoms with Crippen LogP contribution >= 0.6 is 0 Å². The summed E-state index contributed by atoms with van der Waals surface area (Å²) in [5.74, 6) is 0. The summed E-state index contributed by atoms with van der Waals surface area (Å²) < 4.78 is 0. The van der Waals surface area contributed by atoms with Gasteiger partial charge in [0.15, 0.2) is 0 Å². The topological polar surface area (TPSA) is 52.0 Å². The fraction of sp³-hybridized carbons (Fsp3) is 0.143. The van der Waals surface area contributed by atoms with Crippen molar-refractivity contribution < 1.29 is 0 Å². The van der Waals surface area contributed by atoms with E-state index < -0.39 is 0 Å². The highest BCUT2D eigenvalue weighted by molar-refractivity contribution is 5.68. The van der Waals surface area contributed by atoms with Crippen LogP contribution in [0.1, 0.15) is 18.5 Å². The maximum atomic E-state index is 5.89. The minimum atomic E-state index is -0.0383. The van der Waals surface area contributed by atoms with Gasteiger partial charge in [0.1, 0.15) is 0 Å². The number of rotatable bonds is 2. The molecule has 4 N–H and O–H groups in total. The monoisotopic (exact) mass is 212 g/mol. The predicted octanol–water partition coefficient (Wildman–Crippen LogP) is 2.96. The fourth-order valence-corrected chi connectivity index (χ4v) is 1.78. The zero-order valence-corrected chi connectivity index (χ0v) is 9.35. The highest BCUT2D eigenvalue weighted by Crippen LogP contribution is 2.26. The Morgan fingerprint density at radius 3 is 2.25 bits per heavy atom. The van der Waals surface area contributed by atoms with Gasteiger partial charge in [-0.1, -0.05) is 36.4 Å². The van der Waals surface area contributed by atoms with Crippen molar-refractivity contribution in [3.63, 3.8) is 0 Å². The molecule has 2 aromatic rings. The summed E-state index contributed by atoms with van der Waals surface area (Å²) in [5, 5.41) is 0. The number of nitrogen functional groups attached to an aromatic ring is 1. The zero-order chi connectivity index (χ0) is 11.5. The van der Waals surface area contributed by atoms with Crippen LogP contribution in [0.15, 0.2) is 48.5 Å². The first-order valence-corrected chi connectivity index (χ1v) is 5.39. The molecule has 0 aliphatic heterocycles. The minimum Gasteiger partial charge on any atom is -0.398 e. The van der Waals surface area contributed by atoms with Crippen molar-refractivity contribution in [2.45, 2.75) is 13.0 Å². The summed E-state index contributed by atoms with van der Waals surface area (Å²) in [6.07, 6.45) is 0. The van der Waals surface area contributed by atoms with E-state index in [0.29, 0.717) is 0 Å². The van der Waals surface area contributed by atoms with Gasteiger partial charge in [-0.3, -0.25) is 0 Å². The largest absolute Gasteiger partial charge is 0.398 e. The molecule has 0 amide bonds. The lowest BCUT2D eigenvalue weighted by molar-refractivity contribution is 0.821. The maximum absolute atomic E-state index is 5.89. The number of hydrogen-bond donors (Lipinski definition) is 2. The van der Waals surface area contributed by atoms with Crippen molar-refractivity contribution in [2.24, 2.45) is 5.73 Å². The smallest absolute Gasteiger partial charge is 0.0362 e. The normalized spacial score (nSPS) is 12.4. The second-order valence-electron chi connectivity index (χ2n) is 4.00. The van der Waals surface area contributed by atoms with Crippen molar-refractivity contribution >= 4 is 5.69 Å². The Kier molecular flexibility index (Phi) is 2.93. The molecule has 0 spiro atoms. The van der Waals surface area contributed by atoms with Crippen molar-refractivity contribution in [3.05, 3.63) is 54.1 Å². The molecule has 2 nitrogen and oxygen atoms in total. The molecule has 0 aromatic heterocycles. The number of anilines is 1. The third-order valence-corrected chi connectivity index (χ3v) is 2.68. The average Bonchev–Trinajstić information content (AvgIpc) is 2.30. The maximum Gasteiger partial charge on any atom is 0.0362 e. The number of nitrogens with two attached hydrogens (primary N) is 2. The van der Waals surface area contributed by atoms with E-state index in [-0.39, 0.29) is 6.04 Å². The minimum absolute atomic E-state index is 0.0383. The van der Waals surface area contributed by atoms with Crippen LogP contribution in [-0.2, 0) is 0 Å². The van der Waals surface area contributed by atoms with Crippen LogP contribution in [0.2, 0.25) is 0 Å². The van der Waals surface area contributed by atoms with Gasteiger partial charge in [0.05, 0.1) is 0 Å². The van der Waals surface area contributed by atoms with Crippen LogP contribution in [0.3, 0.4) is 0 Å². The van der Waals surface area contributed by atoms with E-state index in [1.165, 1.54) is 5.56 Å². The molecule has 1 atom stereocenters. The molecule has 0 bridgehead atoms. The van der Waals surface area contributed by atoms with Crippen LogP contribution in [0.4, 0.5) is 5.69 Å². The van der Waals surface area contributed by atoms with Gasteiger partial charge < -0.3 is 11.5 Å². The van der Waals surface area contributed by atoms with Crippen LogP contribution in [0, 0.1) is 0 Å². The van der Waals surface area contributed by atoms with Crippen LogP contribution in [0.25, 0.3) is 11.1 Å².